The summed E-state index contributed by atoms with van der Waals surface area (Å²) in [4.78, 5) is 15.6. The van der Waals surface area contributed by atoms with Crippen molar-refractivity contribution in [1.29, 1.82) is 0 Å². The number of fused-ring (bicyclic) bond motifs is 3. The summed E-state index contributed by atoms with van der Waals surface area (Å²) in [5.41, 5.74) is 0. The van der Waals surface area contributed by atoms with Crippen LogP contribution < -0.4 is 9.47 Å². The second-order valence-corrected chi connectivity index (χ2v) is 18.9. The lowest BCUT2D eigenvalue weighted by Gasteiger charge is -2.39. The van der Waals surface area contributed by atoms with Gasteiger partial charge < -0.3 is 23.4 Å². The summed E-state index contributed by atoms with van der Waals surface area (Å²) in [7, 11) is -0.494. The molecule has 216 valence electrons. The molecule has 5 rings (SSSR count). The van der Waals surface area contributed by atoms with Crippen LogP contribution in [0, 0.1) is 5.92 Å². The van der Waals surface area contributed by atoms with E-state index in [1.54, 1.807) is 18.9 Å². The van der Waals surface area contributed by atoms with Gasteiger partial charge in [-0.15, -0.1) is 11.8 Å². The van der Waals surface area contributed by atoms with Crippen molar-refractivity contribution in [1.82, 2.24) is 0 Å². The Morgan fingerprint density at radius 1 is 1.02 bits per heavy atom. The van der Waals surface area contributed by atoms with Crippen LogP contribution in [0.5, 0.6) is 11.5 Å². The van der Waals surface area contributed by atoms with Crippen LogP contribution in [0.3, 0.4) is 0 Å². The lowest BCUT2D eigenvalue weighted by molar-refractivity contribution is -0.135. The lowest BCUT2D eigenvalue weighted by atomic mass is 9.83. The van der Waals surface area contributed by atoms with Crippen molar-refractivity contribution in [2.45, 2.75) is 92.7 Å². The first kappa shape index (κ1) is 29.2. The summed E-state index contributed by atoms with van der Waals surface area (Å²) < 4.78 is 31.0. The SMILES string of the molecule is COc1ccc(O[C@@H]2/C=C3\O[C@@H](C[C@H]3O[Si](C)(C)C(C)(C)C)[C@@](C)(Sc3ccccc3)C(=O)[C@H]3OCC[C@@H]32)cc1. The Balaban J connectivity index is 1.56. The number of methoxy groups -OCH3 is 1. The highest BCUT2D eigenvalue weighted by atomic mass is 32.2. The Morgan fingerprint density at radius 2 is 1.70 bits per heavy atom. The largest absolute Gasteiger partial charge is 0.497 e. The van der Waals surface area contributed by atoms with Crippen molar-refractivity contribution in [2.75, 3.05) is 13.7 Å². The Labute approximate surface area is 243 Å². The number of ether oxygens (including phenoxy) is 4. The second-order valence-electron chi connectivity index (χ2n) is 12.7. The first-order valence-corrected chi connectivity index (χ1v) is 17.9. The Kier molecular flexibility index (Phi) is 8.18. The maximum atomic E-state index is 14.5. The molecule has 0 aliphatic carbocycles. The smallest absolute Gasteiger partial charge is 0.193 e. The van der Waals surface area contributed by atoms with Crippen LogP contribution in [0.4, 0.5) is 0 Å². The predicted octanol–water partition coefficient (Wildman–Crippen LogP) is 7.04. The van der Waals surface area contributed by atoms with Crippen LogP contribution >= 0.6 is 11.8 Å². The van der Waals surface area contributed by atoms with E-state index >= 15 is 0 Å². The molecule has 2 saturated heterocycles. The summed E-state index contributed by atoms with van der Waals surface area (Å²) in [6, 6.07) is 17.6. The van der Waals surface area contributed by atoms with Gasteiger partial charge in [0.15, 0.2) is 14.1 Å². The minimum absolute atomic E-state index is 0.0363. The number of ketones is 1. The quantitative estimate of drug-likeness (QED) is 0.324. The summed E-state index contributed by atoms with van der Waals surface area (Å²) in [5, 5.41) is 0.0363. The molecule has 2 bridgehead atoms. The predicted molar refractivity (Wildman–Crippen MR) is 161 cm³/mol. The summed E-state index contributed by atoms with van der Waals surface area (Å²) in [5.74, 6) is 2.15. The molecule has 2 aromatic carbocycles. The van der Waals surface area contributed by atoms with Crippen LogP contribution in [-0.2, 0) is 18.7 Å². The molecule has 0 spiro atoms. The molecule has 3 aliphatic heterocycles. The standard InChI is InChI=1S/C32H42O6SSi/c1-31(2,3)40(6,7)38-27-20-28-32(4,39-23-11-9-8-10-12-23)30(33)29-24(17-18-35-29)25(19-26(27)37-28)36-22-15-13-21(34-5)14-16-22/h8-16,19,24-25,27-29H,17-18,20H2,1-7H3/b26-19-/t24-,25-,27-,28+,29+,32-/m1/s1. The van der Waals surface area contributed by atoms with Gasteiger partial charge >= 0.3 is 0 Å². The van der Waals surface area contributed by atoms with Gasteiger partial charge in [0, 0.05) is 23.8 Å². The van der Waals surface area contributed by atoms with Crippen LogP contribution in [0.25, 0.3) is 0 Å². The van der Waals surface area contributed by atoms with Crippen molar-refractivity contribution >= 4 is 25.9 Å². The Morgan fingerprint density at radius 3 is 2.35 bits per heavy atom. The molecule has 0 unspecified atom stereocenters. The van der Waals surface area contributed by atoms with Crippen LogP contribution in [-0.4, -0.2) is 57.0 Å². The molecule has 3 aliphatic rings. The first-order chi connectivity index (χ1) is 18.9. The Hall–Kier alpha value is -2.26. The summed E-state index contributed by atoms with van der Waals surface area (Å²) in [6.07, 6.45) is 1.81. The fraction of sp³-hybridized carbons (Fsp3) is 0.531. The molecule has 6 atom stereocenters. The van der Waals surface area contributed by atoms with Crippen molar-refractivity contribution in [3.63, 3.8) is 0 Å². The van der Waals surface area contributed by atoms with Gasteiger partial charge in [0.25, 0.3) is 0 Å². The van der Waals surface area contributed by atoms with Crippen molar-refractivity contribution in [3.8, 4) is 11.5 Å². The number of hydrogen-bond acceptors (Lipinski definition) is 7. The maximum absolute atomic E-state index is 14.5. The molecule has 2 aromatic rings. The third kappa shape index (κ3) is 5.73. The van der Waals surface area contributed by atoms with E-state index < -0.39 is 25.3 Å². The minimum atomic E-state index is -2.14. The zero-order valence-corrected chi connectivity index (χ0v) is 26.5. The third-order valence-electron chi connectivity index (χ3n) is 8.92. The molecule has 8 heteroatoms. The van der Waals surface area contributed by atoms with Crippen molar-refractivity contribution in [2.24, 2.45) is 5.92 Å². The molecule has 0 aromatic heterocycles. The Bertz CT molecular complexity index is 1220. The number of hydrogen-bond donors (Lipinski definition) is 0. The molecule has 2 fully saturated rings. The van der Waals surface area contributed by atoms with E-state index in [0.29, 0.717) is 18.8 Å². The van der Waals surface area contributed by atoms with Gasteiger partial charge in [-0.25, -0.2) is 0 Å². The number of Topliss-reactive ketones (excluding diaryl/α,β-unsaturated/α-hetero) is 1. The maximum Gasteiger partial charge on any atom is 0.193 e. The van der Waals surface area contributed by atoms with Gasteiger partial charge in [-0.05, 0) is 74.0 Å². The average Bonchev–Trinajstić information content (AvgIpc) is 3.55. The van der Waals surface area contributed by atoms with E-state index in [0.717, 1.165) is 22.8 Å². The zero-order chi connectivity index (χ0) is 28.7. The topological polar surface area (TPSA) is 63.2 Å². The van der Waals surface area contributed by atoms with E-state index in [-0.39, 0.29) is 28.9 Å². The second kappa shape index (κ2) is 11.2. The number of benzene rings is 2. The molecule has 0 saturated carbocycles. The van der Waals surface area contributed by atoms with Crippen LogP contribution in [0.2, 0.25) is 18.1 Å². The van der Waals surface area contributed by atoms with Crippen LogP contribution in [0.1, 0.15) is 40.5 Å². The van der Waals surface area contributed by atoms with Gasteiger partial charge in [-0.2, -0.15) is 0 Å². The monoisotopic (exact) mass is 582 g/mol. The van der Waals surface area contributed by atoms with Gasteiger partial charge in [-0.1, -0.05) is 39.0 Å². The molecule has 0 amide bonds. The third-order valence-corrected chi connectivity index (χ3v) is 14.8. The normalized spacial score (nSPS) is 31.7. The van der Waals surface area contributed by atoms with E-state index in [1.165, 1.54) is 0 Å². The first-order valence-electron chi connectivity index (χ1n) is 14.2. The van der Waals surface area contributed by atoms with E-state index in [4.69, 9.17) is 23.4 Å². The van der Waals surface area contributed by atoms with Crippen molar-refractivity contribution < 1.29 is 28.2 Å². The average molecular weight is 583 g/mol. The molecule has 6 nitrogen and oxygen atoms in total. The molecule has 40 heavy (non-hydrogen) atoms. The molecule has 0 radical (unpaired) electrons. The zero-order valence-electron chi connectivity index (χ0n) is 24.6. The number of rotatable bonds is 7. The number of thioether (sulfide) groups is 1. The van der Waals surface area contributed by atoms with Crippen molar-refractivity contribution in [3.05, 3.63) is 66.4 Å². The highest BCUT2D eigenvalue weighted by Crippen LogP contribution is 2.49. The fourth-order valence-electron chi connectivity index (χ4n) is 5.44. The highest BCUT2D eigenvalue weighted by Gasteiger charge is 2.57. The van der Waals surface area contributed by atoms with Gasteiger partial charge in [0.1, 0.15) is 46.4 Å². The van der Waals surface area contributed by atoms with Gasteiger partial charge in [0.05, 0.1) is 7.11 Å². The molecule has 3 heterocycles. The molecular weight excluding hydrogens is 540 g/mol. The van der Waals surface area contributed by atoms with Gasteiger partial charge in [-0.3, -0.25) is 4.79 Å². The fourth-order valence-corrected chi connectivity index (χ4v) is 8.00. The molecule has 0 N–H and O–H groups in total. The lowest BCUT2D eigenvalue weighted by Crippen LogP contribution is -2.52. The summed E-state index contributed by atoms with van der Waals surface area (Å²) in [6.45, 7) is 13.8. The van der Waals surface area contributed by atoms with Gasteiger partial charge in [0.2, 0.25) is 0 Å². The minimum Gasteiger partial charge on any atom is -0.497 e. The van der Waals surface area contributed by atoms with E-state index in [9.17, 15) is 4.79 Å². The molecular formula is C32H42O6SSi. The number of carbonyl (C=O) groups is 1. The summed E-state index contributed by atoms with van der Waals surface area (Å²) >= 11 is 1.57. The van der Waals surface area contributed by atoms with Crippen LogP contribution in [0.15, 0.2) is 71.3 Å². The highest BCUT2D eigenvalue weighted by molar-refractivity contribution is 8.01. The van der Waals surface area contributed by atoms with E-state index in [1.807, 2.05) is 61.5 Å². The van der Waals surface area contributed by atoms with E-state index in [2.05, 4.69) is 39.9 Å². The number of carbonyl (C=O) groups excluding carboxylic acids is 1.